The zero-order chi connectivity index (χ0) is 11.8. The van der Waals surface area contributed by atoms with Crippen molar-refractivity contribution in [3.05, 3.63) is 11.9 Å². The molecule has 1 aliphatic heterocycles. The van der Waals surface area contributed by atoms with Gasteiger partial charge in [-0.25, -0.2) is 9.97 Å². The minimum atomic E-state index is 0.400. The Kier molecular flexibility index (Phi) is 2.74. The van der Waals surface area contributed by atoms with Crippen LogP contribution in [0.4, 0.5) is 11.6 Å². The number of hydrogen-bond donors (Lipinski definition) is 1. The second kappa shape index (κ2) is 3.92. The molecule has 1 aromatic heterocycles. The molecule has 0 spiro atoms. The van der Waals surface area contributed by atoms with E-state index in [9.17, 15) is 0 Å². The van der Waals surface area contributed by atoms with Gasteiger partial charge in [0.1, 0.15) is 18.0 Å². The molecule has 4 nitrogen and oxygen atoms in total. The first-order valence-corrected chi connectivity index (χ1v) is 5.78. The Hall–Kier alpha value is -1.32. The molecule has 0 aliphatic carbocycles. The maximum absolute atomic E-state index is 4.41. The molecule has 0 aromatic carbocycles. The lowest BCUT2D eigenvalue weighted by atomic mass is 9.93. The minimum absolute atomic E-state index is 0.400. The number of aromatic nitrogens is 2. The number of nitrogens with zero attached hydrogens (tertiary/aromatic N) is 3. The van der Waals surface area contributed by atoms with Crippen molar-refractivity contribution in [3.8, 4) is 0 Å². The van der Waals surface area contributed by atoms with Crippen molar-refractivity contribution >= 4 is 11.6 Å². The average Bonchev–Trinajstić information content (AvgIpc) is 2.59. The maximum atomic E-state index is 4.41. The van der Waals surface area contributed by atoms with Crippen LogP contribution in [0, 0.1) is 12.3 Å². The molecule has 4 heteroatoms. The summed E-state index contributed by atoms with van der Waals surface area (Å²) in [7, 11) is 1.90. The van der Waals surface area contributed by atoms with Gasteiger partial charge < -0.3 is 10.2 Å². The van der Waals surface area contributed by atoms with Gasteiger partial charge in [0.25, 0.3) is 0 Å². The lowest BCUT2D eigenvalue weighted by Gasteiger charge is -2.22. The van der Waals surface area contributed by atoms with Crippen LogP contribution in [0.25, 0.3) is 0 Å². The molecule has 0 atom stereocenters. The topological polar surface area (TPSA) is 41.1 Å². The summed E-state index contributed by atoms with van der Waals surface area (Å²) in [5.74, 6) is 2.00. The summed E-state index contributed by atoms with van der Waals surface area (Å²) in [4.78, 5) is 11.0. The van der Waals surface area contributed by atoms with Crippen LogP contribution in [0.3, 0.4) is 0 Å². The van der Waals surface area contributed by atoms with Crippen LogP contribution in [0.5, 0.6) is 0 Å². The molecule has 0 saturated carbocycles. The van der Waals surface area contributed by atoms with Gasteiger partial charge in [0.2, 0.25) is 0 Å². The highest BCUT2D eigenvalue weighted by Crippen LogP contribution is 2.33. The molecular formula is C12H20N4. The first-order chi connectivity index (χ1) is 7.53. The molecule has 1 aliphatic rings. The third-order valence-electron chi connectivity index (χ3n) is 3.27. The molecule has 0 unspecified atom stereocenters. The van der Waals surface area contributed by atoms with Crippen molar-refractivity contribution in [1.29, 1.82) is 0 Å². The van der Waals surface area contributed by atoms with Crippen molar-refractivity contribution in [2.45, 2.75) is 27.2 Å². The second-order valence-electron chi connectivity index (χ2n) is 5.26. The summed E-state index contributed by atoms with van der Waals surface area (Å²) < 4.78 is 0. The van der Waals surface area contributed by atoms with Gasteiger partial charge in [-0.2, -0.15) is 0 Å². The van der Waals surface area contributed by atoms with E-state index in [0.29, 0.717) is 5.41 Å². The van der Waals surface area contributed by atoms with Crippen molar-refractivity contribution < 1.29 is 0 Å². The number of nitrogens with one attached hydrogen (secondary N) is 1. The first kappa shape index (κ1) is 11.2. The molecule has 1 saturated heterocycles. The standard InChI is InChI=1S/C12H20N4/c1-9-10(13-4)14-8-15-11(9)16-6-5-12(2,3)7-16/h8H,5-7H2,1-4H3,(H,13,14,15). The molecule has 2 heterocycles. The van der Waals surface area contributed by atoms with Gasteiger partial charge in [0.05, 0.1) is 0 Å². The van der Waals surface area contributed by atoms with Gasteiger partial charge in [-0.3, -0.25) is 0 Å². The van der Waals surface area contributed by atoms with Crippen molar-refractivity contribution in [2.24, 2.45) is 5.41 Å². The van der Waals surface area contributed by atoms with Crippen LogP contribution in [0.15, 0.2) is 6.33 Å². The first-order valence-electron chi connectivity index (χ1n) is 5.78. The Labute approximate surface area is 97.1 Å². The Morgan fingerprint density at radius 3 is 2.69 bits per heavy atom. The third-order valence-corrected chi connectivity index (χ3v) is 3.27. The fourth-order valence-electron chi connectivity index (χ4n) is 2.30. The minimum Gasteiger partial charge on any atom is -0.373 e. The largest absolute Gasteiger partial charge is 0.373 e. The number of rotatable bonds is 2. The van der Waals surface area contributed by atoms with Gasteiger partial charge >= 0.3 is 0 Å². The van der Waals surface area contributed by atoms with E-state index in [1.807, 2.05) is 7.05 Å². The molecule has 0 radical (unpaired) electrons. The fourth-order valence-corrected chi connectivity index (χ4v) is 2.30. The molecule has 16 heavy (non-hydrogen) atoms. The van der Waals surface area contributed by atoms with Crippen LogP contribution in [-0.2, 0) is 0 Å². The lowest BCUT2D eigenvalue weighted by Crippen LogP contribution is -2.24. The van der Waals surface area contributed by atoms with E-state index in [0.717, 1.165) is 30.3 Å². The summed E-state index contributed by atoms with van der Waals surface area (Å²) in [6, 6.07) is 0. The molecule has 1 fully saturated rings. The van der Waals surface area contributed by atoms with E-state index in [4.69, 9.17) is 0 Å². The van der Waals surface area contributed by atoms with Gasteiger partial charge in [-0.15, -0.1) is 0 Å². The zero-order valence-corrected chi connectivity index (χ0v) is 10.5. The predicted molar refractivity (Wildman–Crippen MR) is 66.9 cm³/mol. The summed E-state index contributed by atoms with van der Waals surface area (Å²) in [5, 5.41) is 3.10. The highest BCUT2D eigenvalue weighted by Gasteiger charge is 2.30. The average molecular weight is 220 g/mol. The highest BCUT2D eigenvalue weighted by molar-refractivity contribution is 5.58. The van der Waals surface area contributed by atoms with Gasteiger partial charge in [0, 0.05) is 25.7 Å². The smallest absolute Gasteiger partial charge is 0.137 e. The molecular weight excluding hydrogens is 200 g/mol. The van der Waals surface area contributed by atoms with Gasteiger partial charge in [0.15, 0.2) is 0 Å². The molecule has 2 rings (SSSR count). The SMILES string of the molecule is CNc1ncnc(N2CCC(C)(C)C2)c1C. The Morgan fingerprint density at radius 1 is 1.38 bits per heavy atom. The normalized spacial score (nSPS) is 18.9. The van der Waals surface area contributed by atoms with Crippen molar-refractivity contribution in [3.63, 3.8) is 0 Å². The Morgan fingerprint density at radius 2 is 2.12 bits per heavy atom. The molecule has 1 N–H and O–H groups in total. The molecule has 1 aromatic rings. The summed E-state index contributed by atoms with van der Waals surface area (Å²) >= 11 is 0. The van der Waals surface area contributed by atoms with E-state index >= 15 is 0 Å². The van der Waals surface area contributed by atoms with E-state index in [-0.39, 0.29) is 0 Å². The zero-order valence-electron chi connectivity index (χ0n) is 10.5. The quantitative estimate of drug-likeness (QED) is 0.828. The third kappa shape index (κ3) is 1.96. The Balaban J connectivity index is 2.28. The lowest BCUT2D eigenvalue weighted by molar-refractivity contribution is 0.418. The van der Waals surface area contributed by atoms with Crippen LogP contribution < -0.4 is 10.2 Å². The van der Waals surface area contributed by atoms with Gasteiger partial charge in [-0.05, 0) is 18.8 Å². The molecule has 88 valence electrons. The van der Waals surface area contributed by atoms with E-state index in [2.05, 4.69) is 41.0 Å². The summed E-state index contributed by atoms with van der Waals surface area (Å²) in [6.07, 6.45) is 2.87. The van der Waals surface area contributed by atoms with Crippen LogP contribution in [0.2, 0.25) is 0 Å². The highest BCUT2D eigenvalue weighted by atomic mass is 15.2. The molecule has 0 bridgehead atoms. The van der Waals surface area contributed by atoms with Crippen molar-refractivity contribution in [1.82, 2.24) is 9.97 Å². The van der Waals surface area contributed by atoms with Crippen LogP contribution in [-0.4, -0.2) is 30.1 Å². The van der Waals surface area contributed by atoms with Crippen LogP contribution >= 0.6 is 0 Å². The fraction of sp³-hybridized carbons (Fsp3) is 0.667. The van der Waals surface area contributed by atoms with Crippen molar-refractivity contribution in [2.75, 3.05) is 30.4 Å². The predicted octanol–water partition coefficient (Wildman–Crippen LogP) is 2.06. The van der Waals surface area contributed by atoms with E-state index in [1.165, 1.54) is 6.42 Å². The second-order valence-corrected chi connectivity index (χ2v) is 5.26. The van der Waals surface area contributed by atoms with Gasteiger partial charge in [-0.1, -0.05) is 13.8 Å². The number of anilines is 2. The monoisotopic (exact) mass is 220 g/mol. The van der Waals surface area contributed by atoms with E-state index in [1.54, 1.807) is 6.33 Å². The Bertz CT molecular complexity index is 387. The van der Waals surface area contributed by atoms with E-state index < -0.39 is 0 Å². The number of hydrogen-bond acceptors (Lipinski definition) is 4. The molecule has 0 amide bonds. The summed E-state index contributed by atoms with van der Waals surface area (Å²) in [6.45, 7) is 8.86. The summed E-state index contributed by atoms with van der Waals surface area (Å²) in [5.41, 5.74) is 1.54. The maximum Gasteiger partial charge on any atom is 0.137 e. The van der Waals surface area contributed by atoms with Crippen LogP contribution in [0.1, 0.15) is 25.8 Å².